The van der Waals surface area contributed by atoms with E-state index in [1.807, 2.05) is 23.6 Å². The maximum atomic E-state index is 12.9. The van der Waals surface area contributed by atoms with E-state index in [2.05, 4.69) is 0 Å². The number of carbonyl (C=O) groups excluding carboxylic acids is 1. The Kier molecular flexibility index (Phi) is 3.35. The average Bonchev–Trinajstić information content (AvgIpc) is 3.02. The van der Waals surface area contributed by atoms with Gasteiger partial charge in [-0.3, -0.25) is 4.79 Å². The number of Topliss-reactive ketones (excluding diaryl/α,β-unsaturated/α-hetero) is 1. The molecule has 0 spiro atoms. The number of nitrogens with zero attached hydrogens (tertiary/aromatic N) is 1. The lowest BCUT2D eigenvalue weighted by molar-refractivity contribution is 0.0983. The van der Waals surface area contributed by atoms with Crippen molar-refractivity contribution in [3.8, 4) is 6.07 Å². The minimum absolute atomic E-state index is 0.229. The van der Waals surface area contributed by atoms with Gasteiger partial charge in [0.25, 0.3) is 0 Å². The minimum atomic E-state index is -0.886. The maximum absolute atomic E-state index is 12.9. The largest absolute Gasteiger partial charge is 0.291 e. The van der Waals surface area contributed by atoms with Crippen molar-refractivity contribution < 1.29 is 9.18 Å². The quantitative estimate of drug-likeness (QED) is 0.664. The fourth-order valence-corrected chi connectivity index (χ4v) is 4.05. The van der Waals surface area contributed by atoms with Crippen LogP contribution in [0.3, 0.4) is 0 Å². The van der Waals surface area contributed by atoms with Crippen LogP contribution in [0.5, 0.6) is 0 Å². The standard InChI is InChI=1S/C15H8FNOS2/c16-10-3-1-9(2-4-10)11(8-17)15(18)14-7-13-12(20-14)5-6-19-13/h1-7,11H. The monoisotopic (exact) mass is 301 g/mol. The van der Waals surface area contributed by atoms with Crippen LogP contribution in [0, 0.1) is 17.1 Å². The molecule has 0 aliphatic heterocycles. The van der Waals surface area contributed by atoms with Crippen LogP contribution >= 0.6 is 22.7 Å². The van der Waals surface area contributed by atoms with Crippen molar-refractivity contribution in [2.24, 2.45) is 0 Å². The Hall–Kier alpha value is -2.03. The van der Waals surface area contributed by atoms with Crippen LogP contribution in [-0.4, -0.2) is 5.78 Å². The van der Waals surface area contributed by atoms with Crippen molar-refractivity contribution in [2.45, 2.75) is 5.92 Å². The van der Waals surface area contributed by atoms with Gasteiger partial charge in [-0.15, -0.1) is 22.7 Å². The second kappa shape index (κ2) is 5.16. The lowest BCUT2D eigenvalue weighted by Crippen LogP contribution is -2.09. The smallest absolute Gasteiger partial charge is 0.194 e. The van der Waals surface area contributed by atoms with Crippen LogP contribution in [0.15, 0.2) is 41.8 Å². The molecule has 0 bridgehead atoms. The molecule has 1 unspecified atom stereocenters. The SMILES string of the molecule is N#CC(C(=O)c1cc2sccc2s1)c1ccc(F)cc1. The van der Waals surface area contributed by atoms with Crippen LogP contribution in [0.2, 0.25) is 0 Å². The first-order valence-corrected chi connectivity index (χ1v) is 7.55. The Labute approximate surface area is 122 Å². The van der Waals surface area contributed by atoms with Crippen molar-refractivity contribution in [3.63, 3.8) is 0 Å². The summed E-state index contributed by atoms with van der Waals surface area (Å²) < 4.78 is 15.0. The van der Waals surface area contributed by atoms with E-state index in [0.717, 1.165) is 9.40 Å². The third-order valence-corrected chi connectivity index (χ3v) is 5.08. The van der Waals surface area contributed by atoms with Gasteiger partial charge in [-0.05, 0) is 35.2 Å². The molecule has 1 atom stereocenters. The van der Waals surface area contributed by atoms with Crippen LogP contribution in [0.1, 0.15) is 21.2 Å². The molecule has 2 heterocycles. The molecular formula is C15H8FNOS2. The number of nitriles is 1. The Morgan fingerprint density at radius 2 is 1.95 bits per heavy atom. The molecule has 2 aromatic heterocycles. The molecule has 1 aromatic carbocycles. The molecule has 0 aliphatic carbocycles. The van der Waals surface area contributed by atoms with Gasteiger partial charge in [-0.25, -0.2) is 4.39 Å². The Bertz CT molecular complexity index is 782. The minimum Gasteiger partial charge on any atom is -0.291 e. The molecule has 0 amide bonds. The number of halogens is 1. The average molecular weight is 301 g/mol. The van der Waals surface area contributed by atoms with Crippen molar-refractivity contribution in [2.75, 3.05) is 0 Å². The molecule has 5 heteroatoms. The first kappa shape index (κ1) is 13.0. The topological polar surface area (TPSA) is 40.9 Å². The molecule has 0 saturated carbocycles. The highest BCUT2D eigenvalue weighted by atomic mass is 32.1. The lowest BCUT2D eigenvalue weighted by Gasteiger charge is -2.06. The summed E-state index contributed by atoms with van der Waals surface area (Å²) in [6, 6.07) is 11.3. The van der Waals surface area contributed by atoms with Crippen molar-refractivity contribution in [1.29, 1.82) is 5.26 Å². The first-order valence-electron chi connectivity index (χ1n) is 5.85. The second-order valence-corrected chi connectivity index (χ2v) is 6.27. The second-order valence-electron chi connectivity index (χ2n) is 4.24. The lowest BCUT2D eigenvalue weighted by atomic mass is 9.95. The molecule has 3 aromatic rings. The van der Waals surface area contributed by atoms with Crippen LogP contribution in [0.25, 0.3) is 9.40 Å². The van der Waals surface area contributed by atoms with Gasteiger partial charge in [0.1, 0.15) is 11.7 Å². The number of fused-ring (bicyclic) bond motifs is 1. The maximum Gasteiger partial charge on any atom is 0.194 e. The summed E-state index contributed by atoms with van der Waals surface area (Å²) in [6.07, 6.45) is 0. The van der Waals surface area contributed by atoms with E-state index in [9.17, 15) is 14.4 Å². The van der Waals surface area contributed by atoms with E-state index >= 15 is 0 Å². The van der Waals surface area contributed by atoms with Crippen molar-refractivity contribution in [3.05, 3.63) is 58.0 Å². The summed E-state index contributed by atoms with van der Waals surface area (Å²) >= 11 is 2.96. The third kappa shape index (κ3) is 2.24. The summed E-state index contributed by atoms with van der Waals surface area (Å²) in [7, 11) is 0. The molecule has 0 radical (unpaired) electrons. The van der Waals surface area contributed by atoms with E-state index in [0.29, 0.717) is 10.4 Å². The number of carbonyl (C=O) groups is 1. The first-order chi connectivity index (χ1) is 9.69. The molecule has 0 aliphatic rings. The summed E-state index contributed by atoms with van der Waals surface area (Å²) in [5.74, 6) is -1.50. The van der Waals surface area contributed by atoms with Gasteiger partial charge in [0, 0.05) is 9.40 Å². The zero-order chi connectivity index (χ0) is 14.1. The van der Waals surface area contributed by atoms with Crippen LogP contribution in [0.4, 0.5) is 4.39 Å². The zero-order valence-corrected chi connectivity index (χ0v) is 11.8. The Morgan fingerprint density at radius 1 is 1.20 bits per heavy atom. The highest BCUT2D eigenvalue weighted by Crippen LogP contribution is 2.33. The molecule has 0 N–H and O–H groups in total. The fraction of sp³-hybridized carbons (Fsp3) is 0.0667. The number of ketones is 1. The zero-order valence-electron chi connectivity index (χ0n) is 10.2. The number of hydrogen-bond acceptors (Lipinski definition) is 4. The van der Waals surface area contributed by atoms with Gasteiger partial charge in [-0.1, -0.05) is 12.1 Å². The van der Waals surface area contributed by atoms with Gasteiger partial charge in [-0.2, -0.15) is 5.26 Å². The molecule has 0 saturated heterocycles. The Balaban J connectivity index is 1.97. The number of rotatable bonds is 3. The Morgan fingerprint density at radius 3 is 2.60 bits per heavy atom. The van der Waals surface area contributed by atoms with Crippen LogP contribution in [-0.2, 0) is 0 Å². The highest BCUT2D eigenvalue weighted by molar-refractivity contribution is 7.27. The summed E-state index contributed by atoms with van der Waals surface area (Å²) in [6.45, 7) is 0. The third-order valence-electron chi connectivity index (χ3n) is 2.98. The van der Waals surface area contributed by atoms with E-state index < -0.39 is 5.92 Å². The molecule has 0 fully saturated rings. The number of thiophene rings is 2. The van der Waals surface area contributed by atoms with E-state index in [1.54, 1.807) is 11.3 Å². The normalized spacial score (nSPS) is 12.2. The summed E-state index contributed by atoms with van der Waals surface area (Å²) in [5, 5.41) is 11.2. The molecule has 20 heavy (non-hydrogen) atoms. The fourth-order valence-electron chi connectivity index (χ4n) is 1.97. The number of hydrogen-bond donors (Lipinski definition) is 0. The van der Waals surface area contributed by atoms with Crippen molar-refractivity contribution in [1.82, 2.24) is 0 Å². The van der Waals surface area contributed by atoms with E-state index in [4.69, 9.17) is 0 Å². The predicted octanol–water partition coefficient (Wildman–Crippen LogP) is 4.59. The van der Waals surface area contributed by atoms with Crippen LogP contribution < -0.4 is 0 Å². The van der Waals surface area contributed by atoms with E-state index in [1.165, 1.54) is 35.6 Å². The van der Waals surface area contributed by atoms with E-state index in [-0.39, 0.29) is 11.6 Å². The molecule has 3 rings (SSSR count). The summed E-state index contributed by atoms with van der Waals surface area (Å²) in [4.78, 5) is 13.0. The van der Waals surface area contributed by atoms with Gasteiger partial charge in [0.05, 0.1) is 10.9 Å². The highest BCUT2D eigenvalue weighted by Gasteiger charge is 2.23. The number of benzene rings is 1. The predicted molar refractivity (Wildman–Crippen MR) is 78.8 cm³/mol. The molecule has 2 nitrogen and oxygen atoms in total. The van der Waals surface area contributed by atoms with Gasteiger partial charge in [0.15, 0.2) is 5.78 Å². The van der Waals surface area contributed by atoms with Crippen molar-refractivity contribution >= 4 is 37.9 Å². The van der Waals surface area contributed by atoms with Gasteiger partial charge in [0.2, 0.25) is 0 Å². The van der Waals surface area contributed by atoms with Gasteiger partial charge < -0.3 is 0 Å². The molecule has 98 valence electrons. The van der Waals surface area contributed by atoms with Gasteiger partial charge >= 0.3 is 0 Å². The molecular weight excluding hydrogens is 293 g/mol. The summed E-state index contributed by atoms with van der Waals surface area (Å²) in [5.41, 5.74) is 0.524.